The molecular weight excluding hydrogens is 399 g/mol. The van der Waals surface area contributed by atoms with Crippen LogP contribution < -0.4 is 16.0 Å². The van der Waals surface area contributed by atoms with Crippen molar-refractivity contribution in [2.75, 3.05) is 53.6 Å². The van der Waals surface area contributed by atoms with Crippen LogP contribution in [0.1, 0.15) is 26.2 Å². The number of carbonyl (C=O) groups excluding carboxylic acids is 1. The maximum Gasteiger partial charge on any atom is 0.221 e. The van der Waals surface area contributed by atoms with Crippen molar-refractivity contribution in [2.24, 2.45) is 4.99 Å². The molecule has 0 aliphatic heterocycles. The summed E-state index contributed by atoms with van der Waals surface area (Å²) in [6.45, 7) is 6.03. The zero-order valence-corrected chi connectivity index (χ0v) is 16.3. The maximum atomic E-state index is 11.4. The molecule has 0 heterocycles. The lowest BCUT2D eigenvalue weighted by atomic mass is 10.4. The SMILES string of the molecule is CCCNC(=O)CCNC(=NC)NCCCOCCOC.I. The lowest BCUT2D eigenvalue weighted by Crippen LogP contribution is -2.40. The molecule has 0 aromatic carbocycles. The number of rotatable bonds is 12. The first-order valence-corrected chi connectivity index (χ1v) is 7.52. The molecule has 7 nitrogen and oxygen atoms in total. The fraction of sp³-hybridized carbons (Fsp3) is 0.857. The van der Waals surface area contributed by atoms with Gasteiger partial charge in [-0.15, -0.1) is 24.0 Å². The Morgan fingerprint density at radius 2 is 1.77 bits per heavy atom. The highest BCUT2D eigenvalue weighted by molar-refractivity contribution is 14.0. The van der Waals surface area contributed by atoms with Gasteiger partial charge in [0.15, 0.2) is 5.96 Å². The third-order valence-electron chi connectivity index (χ3n) is 2.63. The van der Waals surface area contributed by atoms with E-state index in [2.05, 4.69) is 20.9 Å². The number of hydrogen-bond acceptors (Lipinski definition) is 4. The minimum absolute atomic E-state index is 0. The van der Waals surface area contributed by atoms with Gasteiger partial charge in [-0.25, -0.2) is 0 Å². The molecule has 8 heteroatoms. The van der Waals surface area contributed by atoms with Crippen LogP contribution >= 0.6 is 24.0 Å². The van der Waals surface area contributed by atoms with E-state index in [0.29, 0.717) is 38.7 Å². The molecular formula is C14H31IN4O3. The molecule has 1 amide bonds. The molecule has 0 fully saturated rings. The predicted octanol–water partition coefficient (Wildman–Crippen LogP) is 0.739. The normalized spacial score (nSPS) is 10.8. The van der Waals surface area contributed by atoms with E-state index in [0.717, 1.165) is 25.9 Å². The average molecular weight is 430 g/mol. The van der Waals surface area contributed by atoms with E-state index >= 15 is 0 Å². The van der Waals surface area contributed by atoms with Gasteiger partial charge in [0.1, 0.15) is 0 Å². The topological polar surface area (TPSA) is 84.0 Å². The van der Waals surface area contributed by atoms with Gasteiger partial charge in [0.2, 0.25) is 5.91 Å². The summed E-state index contributed by atoms with van der Waals surface area (Å²) in [7, 11) is 3.37. The molecule has 0 atom stereocenters. The van der Waals surface area contributed by atoms with E-state index in [1.54, 1.807) is 14.2 Å². The number of guanidine groups is 1. The molecule has 0 aromatic heterocycles. The summed E-state index contributed by atoms with van der Waals surface area (Å²) in [6.07, 6.45) is 2.29. The second kappa shape index (κ2) is 18.4. The van der Waals surface area contributed by atoms with E-state index in [1.165, 1.54) is 0 Å². The summed E-state index contributed by atoms with van der Waals surface area (Å²) in [5.41, 5.74) is 0. The zero-order valence-electron chi connectivity index (χ0n) is 13.9. The Hall–Kier alpha value is -0.610. The third-order valence-corrected chi connectivity index (χ3v) is 2.63. The lowest BCUT2D eigenvalue weighted by Gasteiger charge is -2.12. The van der Waals surface area contributed by atoms with Gasteiger partial charge in [0, 0.05) is 46.8 Å². The number of amides is 1. The molecule has 0 saturated carbocycles. The van der Waals surface area contributed by atoms with E-state index in [-0.39, 0.29) is 29.9 Å². The molecule has 3 N–H and O–H groups in total. The van der Waals surface area contributed by atoms with Crippen molar-refractivity contribution in [3.63, 3.8) is 0 Å². The van der Waals surface area contributed by atoms with Crippen LogP contribution in [0.5, 0.6) is 0 Å². The minimum Gasteiger partial charge on any atom is -0.382 e. The van der Waals surface area contributed by atoms with Crippen LogP contribution in [0.15, 0.2) is 4.99 Å². The summed E-state index contributed by atoms with van der Waals surface area (Å²) >= 11 is 0. The molecule has 0 aliphatic carbocycles. The number of nitrogens with one attached hydrogen (secondary N) is 3. The predicted molar refractivity (Wildman–Crippen MR) is 100 cm³/mol. The highest BCUT2D eigenvalue weighted by Crippen LogP contribution is 1.83. The summed E-state index contributed by atoms with van der Waals surface area (Å²) in [6, 6.07) is 0. The summed E-state index contributed by atoms with van der Waals surface area (Å²) in [4.78, 5) is 15.5. The number of carbonyl (C=O) groups is 1. The molecule has 0 spiro atoms. The molecule has 0 aromatic rings. The number of nitrogens with zero attached hydrogens (tertiary/aromatic N) is 1. The molecule has 0 aliphatic rings. The maximum absolute atomic E-state index is 11.4. The number of ether oxygens (including phenoxy) is 2. The van der Waals surface area contributed by atoms with E-state index < -0.39 is 0 Å². The highest BCUT2D eigenvalue weighted by Gasteiger charge is 2.01. The van der Waals surface area contributed by atoms with Crippen LogP contribution in [0.3, 0.4) is 0 Å². The third kappa shape index (κ3) is 15.8. The Labute approximate surface area is 151 Å². The summed E-state index contributed by atoms with van der Waals surface area (Å²) in [5, 5.41) is 9.11. The number of halogens is 1. The number of aliphatic imine (C=N–C) groups is 1. The standard InChI is InChI=1S/C14H30N4O3.HI/c1-4-7-16-13(19)6-9-18-14(15-2)17-8-5-10-21-12-11-20-3;/h4-12H2,1-3H3,(H,16,19)(H2,15,17,18);1H. The van der Waals surface area contributed by atoms with Gasteiger partial charge in [-0.3, -0.25) is 9.79 Å². The molecule has 0 rings (SSSR count). The van der Waals surface area contributed by atoms with Crippen LogP contribution in [0, 0.1) is 0 Å². The van der Waals surface area contributed by atoms with Crippen molar-refractivity contribution in [3.8, 4) is 0 Å². The van der Waals surface area contributed by atoms with Gasteiger partial charge >= 0.3 is 0 Å². The van der Waals surface area contributed by atoms with Gasteiger partial charge in [-0.1, -0.05) is 6.92 Å². The molecule has 132 valence electrons. The van der Waals surface area contributed by atoms with Gasteiger partial charge < -0.3 is 25.4 Å². The van der Waals surface area contributed by atoms with Crippen LogP contribution in [0.25, 0.3) is 0 Å². The van der Waals surface area contributed by atoms with Crippen LogP contribution in [0.4, 0.5) is 0 Å². The largest absolute Gasteiger partial charge is 0.382 e. The molecule has 0 bridgehead atoms. The van der Waals surface area contributed by atoms with Crippen molar-refractivity contribution in [1.82, 2.24) is 16.0 Å². The van der Waals surface area contributed by atoms with E-state index in [9.17, 15) is 4.79 Å². The van der Waals surface area contributed by atoms with Crippen molar-refractivity contribution in [3.05, 3.63) is 0 Å². The lowest BCUT2D eigenvalue weighted by molar-refractivity contribution is -0.120. The molecule has 0 radical (unpaired) electrons. The van der Waals surface area contributed by atoms with Gasteiger partial charge in [-0.05, 0) is 12.8 Å². The zero-order chi connectivity index (χ0) is 15.8. The Balaban J connectivity index is 0. The van der Waals surface area contributed by atoms with Crippen molar-refractivity contribution >= 4 is 35.8 Å². The summed E-state index contributed by atoms with van der Waals surface area (Å²) < 4.78 is 10.3. The molecule has 0 saturated heterocycles. The quantitative estimate of drug-likeness (QED) is 0.184. The smallest absolute Gasteiger partial charge is 0.221 e. The number of hydrogen-bond donors (Lipinski definition) is 3. The Morgan fingerprint density at radius 3 is 2.41 bits per heavy atom. The first-order valence-electron chi connectivity index (χ1n) is 7.52. The second-order valence-electron chi connectivity index (χ2n) is 4.48. The highest BCUT2D eigenvalue weighted by atomic mass is 127. The van der Waals surface area contributed by atoms with Crippen LogP contribution in [-0.4, -0.2) is 65.5 Å². The first-order chi connectivity index (χ1) is 10.2. The minimum atomic E-state index is 0. The molecule has 22 heavy (non-hydrogen) atoms. The van der Waals surface area contributed by atoms with Crippen LogP contribution in [0.2, 0.25) is 0 Å². The Bertz CT molecular complexity index is 291. The first kappa shape index (κ1) is 23.7. The van der Waals surface area contributed by atoms with E-state index in [4.69, 9.17) is 9.47 Å². The van der Waals surface area contributed by atoms with Crippen molar-refractivity contribution < 1.29 is 14.3 Å². The molecule has 0 unspecified atom stereocenters. The van der Waals surface area contributed by atoms with E-state index in [1.807, 2.05) is 6.92 Å². The van der Waals surface area contributed by atoms with Crippen molar-refractivity contribution in [1.29, 1.82) is 0 Å². The Kier molecular flexibility index (Phi) is 19.8. The number of methoxy groups -OCH3 is 1. The second-order valence-corrected chi connectivity index (χ2v) is 4.48. The monoisotopic (exact) mass is 430 g/mol. The average Bonchev–Trinajstić information content (AvgIpc) is 2.50. The van der Waals surface area contributed by atoms with Crippen LogP contribution in [-0.2, 0) is 14.3 Å². The fourth-order valence-electron chi connectivity index (χ4n) is 1.49. The van der Waals surface area contributed by atoms with Gasteiger partial charge in [-0.2, -0.15) is 0 Å². The fourth-order valence-corrected chi connectivity index (χ4v) is 1.49. The van der Waals surface area contributed by atoms with Gasteiger partial charge in [0.05, 0.1) is 13.2 Å². The van der Waals surface area contributed by atoms with Gasteiger partial charge in [0.25, 0.3) is 0 Å². The Morgan fingerprint density at radius 1 is 1.05 bits per heavy atom. The van der Waals surface area contributed by atoms with Crippen molar-refractivity contribution in [2.45, 2.75) is 26.2 Å². The summed E-state index contributed by atoms with van der Waals surface area (Å²) in [5.74, 6) is 0.765.